The van der Waals surface area contributed by atoms with Crippen molar-refractivity contribution in [3.63, 3.8) is 0 Å². The highest BCUT2D eigenvalue weighted by Crippen LogP contribution is 2.41. The third-order valence-corrected chi connectivity index (χ3v) is 4.41. The summed E-state index contributed by atoms with van der Waals surface area (Å²) in [5.74, 6) is 2.19. The molecule has 19 heavy (non-hydrogen) atoms. The highest BCUT2D eigenvalue weighted by molar-refractivity contribution is 6.32. The summed E-state index contributed by atoms with van der Waals surface area (Å²) in [4.78, 5) is 0. The summed E-state index contributed by atoms with van der Waals surface area (Å²) in [6, 6.07) is 6.24. The Hall–Kier alpha value is -0.730. The number of benzene rings is 1. The van der Waals surface area contributed by atoms with Gasteiger partial charge in [-0.05, 0) is 61.9 Å². The van der Waals surface area contributed by atoms with Crippen LogP contribution in [0, 0.1) is 5.92 Å². The molecule has 2 rings (SSSR count). The first-order valence-electron chi connectivity index (χ1n) is 7.30. The van der Waals surface area contributed by atoms with Crippen LogP contribution in [0.25, 0.3) is 0 Å². The molecule has 0 heterocycles. The molecule has 0 spiro atoms. The third kappa shape index (κ3) is 3.64. The van der Waals surface area contributed by atoms with Crippen molar-refractivity contribution in [1.82, 2.24) is 5.32 Å². The second-order valence-electron chi connectivity index (χ2n) is 5.40. The minimum absolute atomic E-state index is 0.649. The molecule has 1 aliphatic carbocycles. The lowest BCUT2D eigenvalue weighted by molar-refractivity contribution is 0.410. The fourth-order valence-electron chi connectivity index (χ4n) is 3.09. The topological polar surface area (TPSA) is 21.3 Å². The van der Waals surface area contributed by atoms with Gasteiger partial charge in [0.25, 0.3) is 0 Å². The molecule has 0 bridgehead atoms. The van der Waals surface area contributed by atoms with Crippen molar-refractivity contribution in [3.05, 3.63) is 28.8 Å². The third-order valence-electron chi connectivity index (χ3n) is 4.10. The molecule has 0 radical (unpaired) electrons. The molecule has 2 nitrogen and oxygen atoms in total. The van der Waals surface area contributed by atoms with Crippen molar-refractivity contribution in [1.29, 1.82) is 0 Å². The van der Waals surface area contributed by atoms with Gasteiger partial charge in [0.05, 0.1) is 12.1 Å². The number of nitrogens with one attached hydrogen (secondary N) is 1. The summed E-state index contributed by atoms with van der Waals surface area (Å²) >= 11 is 6.10. The van der Waals surface area contributed by atoms with Gasteiger partial charge in [0.15, 0.2) is 0 Å². The predicted octanol–water partition coefficient (Wildman–Crippen LogP) is 4.23. The SMILES string of the molecule is CCCNCC1CCCC1c1ccc(Cl)c(OC)c1. The highest BCUT2D eigenvalue weighted by atomic mass is 35.5. The van der Waals surface area contributed by atoms with Crippen molar-refractivity contribution in [2.75, 3.05) is 20.2 Å². The fourth-order valence-corrected chi connectivity index (χ4v) is 3.29. The molecule has 2 atom stereocenters. The molecular formula is C16H24ClNO. The van der Waals surface area contributed by atoms with E-state index in [0.29, 0.717) is 10.9 Å². The number of ether oxygens (including phenoxy) is 1. The van der Waals surface area contributed by atoms with Crippen LogP contribution in [-0.4, -0.2) is 20.2 Å². The Morgan fingerprint density at radius 2 is 2.21 bits per heavy atom. The van der Waals surface area contributed by atoms with Crippen LogP contribution >= 0.6 is 11.6 Å². The second-order valence-corrected chi connectivity index (χ2v) is 5.80. The summed E-state index contributed by atoms with van der Waals surface area (Å²) in [7, 11) is 1.68. The van der Waals surface area contributed by atoms with E-state index in [4.69, 9.17) is 16.3 Å². The fraction of sp³-hybridized carbons (Fsp3) is 0.625. The van der Waals surface area contributed by atoms with E-state index in [1.165, 1.54) is 31.2 Å². The zero-order valence-corrected chi connectivity index (χ0v) is 12.7. The Morgan fingerprint density at radius 1 is 1.37 bits per heavy atom. The van der Waals surface area contributed by atoms with Crippen molar-refractivity contribution in [2.45, 2.75) is 38.5 Å². The maximum Gasteiger partial charge on any atom is 0.137 e. The number of rotatable bonds is 6. The monoisotopic (exact) mass is 281 g/mol. The van der Waals surface area contributed by atoms with Crippen LogP contribution in [0.2, 0.25) is 5.02 Å². The first-order chi connectivity index (χ1) is 9.26. The molecule has 1 aliphatic rings. The maximum atomic E-state index is 6.10. The predicted molar refractivity (Wildman–Crippen MR) is 81.2 cm³/mol. The number of hydrogen-bond donors (Lipinski definition) is 1. The minimum Gasteiger partial charge on any atom is -0.495 e. The van der Waals surface area contributed by atoms with Crippen molar-refractivity contribution in [2.24, 2.45) is 5.92 Å². The first-order valence-corrected chi connectivity index (χ1v) is 7.68. The molecule has 0 aliphatic heterocycles. The van der Waals surface area contributed by atoms with E-state index < -0.39 is 0 Å². The van der Waals surface area contributed by atoms with E-state index in [0.717, 1.165) is 24.8 Å². The van der Waals surface area contributed by atoms with Crippen molar-refractivity contribution in [3.8, 4) is 5.75 Å². The van der Waals surface area contributed by atoms with Crippen LogP contribution in [0.15, 0.2) is 18.2 Å². The second kappa shape index (κ2) is 7.16. The average molecular weight is 282 g/mol. The van der Waals surface area contributed by atoms with Crippen LogP contribution in [0.5, 0.6) is 5.75 Å². The van der Waals surface area contributed by atoms with Gasteiger partial charge in [-0.15, -0.1) is 0 Å². The van der Waals surface area contributed by atoms with Crippen LogP contribution in [0.1, 0.15) is 44.1 Å². The van der Waals surface area contributed by atoms with E-state index in [1.54, 1.807) is 7.11 Å². The largest absolute Gasteiger partial charge is 0.495 e. The van der Waals surface area contributed by atoms with Gasteiger partial charge < -0.3 is 10.1 Å². The number of methoxy groups -OCH3 is 1. The van der Waals surface area contributed by atoms with E-state index in [2.05, 4.69) is 24.4 Å². The maximum absolute atomic E-state index is 6.10. The Morgan fingerprint density at radius 3 is 2.95 bits per heavy atom. The van der Waals surface area contributed by atoms with Gasteiger partial charge in [0, 0.05) is 0 Å². The molecule has 1 aromatic rings. The van der Waals surface area contributed by atoms with Gasteiger partial charge in [0.2, 0.25) is 0 Å². The van der Waals surface area contributed by atoms with E-state index >= 15 is 0 Å². The van der Waals surface area contributed by atoms with Crippen molar-refractivity contribution >= 4 is 11.6 Å². The zero-order chi connectivity index (χ0) is 13.7. The average Bonchev–Trinajstić information content (AvgIpc) is 2.88. The molecule has 0 aromatic heterocycles. The molecule has 3 heteroatoms. The van der Waals surface area contributed by atoms with Crippen LogP contribution in [-0.2, 0) is 0 Å². The van der Waals surface area contributed by atoms with E-state index in [1.807, 2.05) is 6.07 Å². The Bertz CT molecular complexity index is 408. The van der Waals surface area contributed by atoms with Crippen LogP contribution in [0.3, 0.4) is 0 Å². The van der Waals surface area contributed by atoms with Crippen molar-refractivity contribution < 1.29 is 4.74 Å². The number of hydrogen-bond acceptors (Lipinski definition) is 2. The molecule has 1 aromatic carbocycles. The Labute approximate surface area is 121 Å². The van der Waals surface area contributed by atoms with Gasteiger partial charge in [0.1, 0.15) is 5.75 Å². The Balaban J connectivity index is 2.06. The van der Waals surface area contributed by atoms with Gasteiger partial charge >= 0.3 is 0 Å². The molecule has 0 amide bonds. The van der Waals surface area contributed by atoms with E-state index in [-0.39, 0.29) is 0 Å². The summed E-state index contributed by atoms with van der Waals surface area (Å²) in [5.41, 5.74) is 1.38. The molecule has 2 unspecified atom stereocenters. The first kappa shape index (κ1) is 14.7. The van der Waals surface area contributed by atoms with Gasteiger partial charge in [-0.25, -0.2) is 0 Å². The quantitative estimate of drug-likeness (QED) is 0.788. The molecule has 1 fully saturated rings. The summed E-state index contributed by atoms with van der Waals surface area (Å²) < 4.78 is 5.33. The molecule has 1 saturated carbocycles. The Kier molecular flexibility index (Phi) is 5.53. The minimum atomic E-state index is 0.649. The molecule has 0 saturated heterocycles. The smallest absolute Gasteiger partial charge is 0.137 e. The van der Waals surface area contributed by atoms with Gasteiger partial charge in [-0.1, -0.05) is 31.0 Å². The van der Waals surface area contributed by atoms with Gasteiger partial charge in [-0.3, -0.25) is 0 Å². The lowest BCUT2D eigenvalue weighted by Crippen LogP contribution is -2.25. The van der Waals surface area contributed by atoms with E-state index in [9.17, 15) is 0 Å². The van der Waals surface area contributed by atoms with Gasteiger partial charge in [-0.2, -0.15) is 0 Å². The lowest BCUT2D eigenvalue weighted by atomic mass is 9.88. The normalized spacial score (nSPS) is 22.7. The molecule has 1 N–H and O–H groups in total. The molecule has 106 valence electrons. The summed E-state index contributed by atoms with van der Waals surface area (Å²) in [6.45, 7) is 4.46. The zero-order valence-electron chi connectivity index (χ0n) is 11.9. The van der Waals surface area contributed by atoms with Crippen LogP contribution in [0.4, 0.5) is 0 Å². The molecular weight excluding hydrogens is 258 g/mol. The summed E-state index contributed by atoms with van der Waals surface area (Å²) in [6.07, 6.45) is 5.13. The number of halogens is 1. The standard InChI is InChI=1S/C16H24ClNO/c1-3-9-18-11-13-5-4-6-14(13)12-7-8-15(17)16(10-12)19-2/h7-8,10,13-14,18H,3-6,9,11H2,1-2H3. The summed E-state index contributed by atoms with van der Waals surface area (Å²) in [5, 5.41) is 4.26. The van der Waals surface area contributed by atoms with Crippen LogP contribution < -0.4 is 10.1 Å². The highest BCUT2D eigenvalue weighted by Gasteiger charge is 2.28. The lowest BCUT2D eigenvalue weighted by Gasteiger charge is -2.21.